The minimum Gasteiger partial charge on any atom is -0.296 e. The Morgan fingerprint density at radius 2 is 2.11 bits per heavy atom. The second-order valence-corrected chi connectivity index (χ2v) is 4.96. The molecule has 0 unspecified atom stereocenters. The summed E-state index contributed by atoms with van der Waals surface area (Å²) >= 11 is 6.16. The normalized spacial score (nSPS) is 11.2. The zero-order chi connectivity index (χ0) is 13.1. The number of aromatic nitrogens is 3. The van der Waals surface area contributed by atoms with E-state index < -0.39 is 0 Å². The van der Waals surface area contributed by atoms with Crippen LogP contribution in [0.25, 0.3) is 0 Å². The second-order valence-electron chi connectivity index (χ2n) is 4.58. The van der Waals surface area contributed by atoms with Crippen LogP contribution in [0.2, 0.25) is 5.02 Å². The molecule has 0 spiro atoms. The summed E-state index contributed by atoms with van der Waals surface area (Å²) in [7, 11) is 2.06. The van der Waals surface area contributed by atoms with Crippen LogP contribution >= 0.6 is 11.6 Å². The summed E-state index contributed by atoms with van der Waals surface area (Å²) in [4.78, 5) is 6.28. The van der Waals surface area contributed by atoms with Crippen molar-refractivity contribution in [2.24, 2.45) is 0 Å². The molecule has 1 N–H and O–H groups in total. The molecule has 0 amide bonds. The van der Waals surface area contributed by atoms with Gasteiger partial charge in [0.15, 0.2) is 0 Å². The summed E-state index contributed by atoms with van der Waals surface area (Å²) < 4.78 is 0. The molecule has 5 heteroatoms. The maximum absolute atomic E-state index is 6.16. The third-order valence-corrected chi connectivity index (χ3v) is 3.44. The van der Waals surface area contributed by atoms with Crippen molar-refractivity contribution in [2.45, 2.75) is 26.9 Å². The largest absolute Gasteiger partial charge is 0.296 e. The van der Waals surface area contributed by atoms with Gasteiger partial charge in [0, 0.05) is 25.5 Å². The van der Waals surface area contributed by atoms with Gasteiger partial charge in [-0.1, -0.05) is 11.6 Å². The molecule has 0 saturated heterocycles. The number of H-pyrrole nitrogens is 1. The number of nitrogens with one attached hydrogen (secondary N) is 1. The van der Waals surface area contributed by atoms with Gasteiger partial charge in [-0.25, -0.2) is 0 Å². The molecule has 2 rings (SSSR count). The zero-order valence-electron chi connectivity index (χ0n) is 10.9. The number of hydrogen-bond donors (Lipinski definition) is 1. The monoisotopic (exact) mass is 264 g/mol. The van der Waals surface area contributed by atoms with Crippen LogP contribution in [0.5, 0.6) is 0 Å². The summed E-state index contributed by atoms with van der Waals surface area (Å²) in [5.41, 5.74) is 4.29. The predicted molar refractivity (Wildman–Crippen MR) is 72.5 cm³/mol. The van der Waals surface area contributed by atoms with E-state index in [1.165, 1.54) is 11.1 Å². The Morgan fingerprint density at radius 3 is 2.72 bits per heavy atom. The van der Waals surface area contributed by atoms with Gasteiger partial charge in [-0.2, -0.15) is 5.10 Å². The first-order chi connectivity index (χ1) is 8.58. The van der Waals surface area contributed by atoms with Crippen LogP contribution in [0.15, 0.2) is 18.5 Å². The van der Waals surface area contributed by atoms with Gasteiger partial charge in [0.05, 0.1) is 16.4 Å². The Hall–Kier alpha value is -1.39. The van der Waals surface area contributed by atoms with Crippen molar-refractivity contribution in [3.63, 3.8) is 0 Å². The minimum atomic E-state index is 0.727. The minimum absolute atomic E-state index is 0.727. The van der Waals surface area contributed by atoms with E-state index in [1.807, 2.05) is 25.4 Å². The topological polar surface area (TPSA) is 44.8 Å². The van der Waals surface area contributed by atoms with Crippen molar-refractivity contribution < 1.29 is 0 Å². The average molecular weight is 265 g/mol. The van der Waals surface area contributed by atoms with Crippen molar-refractivity contribution in [1.29, 1.82) is 0 Å². The molecule has 2 aromatic rings. The van der Waals surface area contributed by atoms with Crippen molar-refractivity contribution in [1.82, 2.24) is 20.1 Å². The van der Waals surface area contributed by atoms with Gasteiger partial charge >= 0.3 is 0 Å². The molecule has 96 valence electrons. The van der Waals surface area contributed by atoms with Crippen molar-refractivity contribution in [3.05, 3.63) is 46.0 Å². The first-order valence-corrected chi connectivity index (χ1v) is 6.23. The summed E-state index contributed by atoms with van der Waals surface area (Å²) in [5, 5.41) is 7.84. The van der Waals surface area contributed by atoms with Crippen LogP contribution in [-0.4, -0.2) is 27.1 Å². The maximum Gasteiger partial charge on any atom is 0.0951 e. The Balaban J connectivity index is 2.03. The quantitative estimate of drug-likeness (QED) is 0.924. The van der Waals surface area contributed by atoms with Crippen LogP contribution in [0.4, 0.5) is 0 Å². The SMILES string of the molecule is Cc1cnccc1CN(C)Cc1n[nH]c(C)c1Cl. The third-order valence-electron chi connectivity index (χ3n) is 2.94. The van der Waals surface area contributed by atoms with Crippen molar-refractivity contribution in [2.75, 3.05) is 7.05 Å². The average Bonchev–Trinajstić information content (AvgIpc) is 2.64. The maximum atomic E-state index is 6.16. The molecule has 18 heavy (non-hydrogen) atoms. The standard InChI is InChI=1S/C13H17ClN4/c1-9-6-15-5-4-11(9)7-18(3)8-12-13(14)10(2)16-17-12/h4-6H,7-8H2,1-3H3,(H,16,17). The van der Waals surface area contributed by atoms with Gasteiger partial charge in [0.2, 0.25) is 0 Å². The molecule has 0 bridgehead atoms. The van der Waals surface area contributed by atoms with Gasteiger partial charge in [-0.3, -0.25) is 15.0 Å². The molecule has 0 aliphatic rings. The molecule has 4 nitrogen and oxygen atoms in total. The Morgan fingerprint density at radius 1 is 1.33 bits per heavy atom. The number of halogens is 1. The number of pyridine rings is 1. The number of hydrogen-bond acceptors (Lipinski definition) is 3. The summed E-state index contributed by atoms with van der Waals surface area (Å²) in [5.74, 6) is 0. The van der Waals surface area contributed by atoms with Crippen molar-refractivity contribution >= 4 is 11.6 Å². The lowest BCUT2D eigenvalue weighted by atomic mass is 10.1. The molecule has 2 heterocycles. The number of aromatic amines is 1. The lowest BCUT2D eigenvalue weighted by molar-refractivity contribution is 0.314. The van der Waals surface area contributed by atoms with Crippen LogP contribution < -0.4 is 0 Å². The van der Waals surface area contributed by atoms with E-state index in [4.69, 9.17) is 11.6 Å². The molecule has 2 aromatic heterocycles. The first kappa shape index (κ1) is 13.1. The van der Waals surface area contributed by atoms with Gasteiger partial charge in [0.25, 0.3) is 0 Å². The van der Waals surface area contributed by atoms with Crippen molar-refractivity contribution in [3.8, 4) is 0 Å². The third kappa shape index (κ3) is 2.89. The molecule has 0 atom stereocenters. The Kier molecular flexibility index (Phi) is 3.99. The Bertz CT molecular complexity index is 536. The molecule has 0 aliphatic heterocycles. The fraction of sp³-hybridized carbons (Fsp3) is 0.385. The molecule has 0 fully saturated rings. The lowest BCUT2D eigenvalue weighted by Crippen LogP contribution is -2.18. The highest BCUT2D eigenvalue weighted by Crippen LogP contribution is 2.19. The lowest BCUT2D eigenvalue weighted by Gasteiger charge is -2.16. The van der Waals surface area contributed by atoms with Gasteiger partial charge in [-0.05, 0) is 38.1 Å². The van der Waals surface area contributed by atoms with Crippen LogP contribution in [0, 0.1) is 13.8 Å². The van der Waals surface area contributed by atoms with E-state index in [-0.39, 0.29) is 0 Å². The van der Waals surface area contributed by atoms with E-state index in [0.29, 0.717) is 0 Å². The van der Waals surface area contributed by atoms with E-state index >= 15 is 0 Å². The molecule has 0 aliphatic carbocycles. The van der Waals surface area contributed by atoms with Gasteiger partial charge in [0.1, 0.15) is 0 Å². The fourth-order valence-corrected chi connectivity index (χ4v) is 2.00. The zero-order valence-corrected chi connectivity index (χ0v) is 11.6. The number of aryl methyl sites for hydroxylation is 2. The highest BCUT2D eigenvalue weighted by Gasteiger charge is 2.11. The molecular formula is C13H17ClN4. The highest BCUT2D eigenvalue weighted by molar-refractivity contribution is 6.31. The van der Waals surface area contributed by atoms with E-state index in [9.17, 15) is 0 Å². The van der Waals surface area contributed by atoms with Crippen LogP contribution in [0.3, 0.4) is 0 Å². The van der Waals surface area contributed by atoms with E-state index in [2.05, 4.69) is 34.1 Å². The van der Waals surface area contributed by atoms with Gasteiger partial charge < -0.3 is 0 Å². The predicted octanol–water partition coefficient (Wildman–Crippen LogP) is 2.71. The second kappa shape index (κ2) is 5.50. The number of rotatable bonds is 4. The summed E-state index contributed by atoms with van der Waals surface area (Å²) in [6.45, 7) is 5.58. The molecule has 0 aromatic carbocycles. The van der Waals surface area contributed by atoms with E-state index in [0.717, 1.165) is 29.5 Å². The van der Waals surface area contributed by atoms with Crippen LogP contribution in [-0.2, 0) is 13.1 Å². The van der Waals surface area contributed by atoms with Crippen LogP contribution in [0.1, 0.15) is 22.5 Å². The fourth-order valence-electron chi connectivity index (χ4n) is 1.85. The van der Waals surface area contributed by atoms with Gasteiger partial charge in [-0.15, -0.1) is 0 Å². The highest BCUT2D eigenvalue weighted by atomic mass is 35.5. The summed E-state index contributed by atoms with van der Waals surface area (Å²) in [6.07, 6.45) is 3.71. The molecule has 0 radical (unpaired) electrons. The van der Waals surface area contributed by atoms with E-state index in [1.54, 1.807) is 0 Å². The Labute approximate surface area is 112 Å². The summed E-state index contributed by atoms with van der Waals surface area (Å²) in [6, 6.07) is 2.04. The molecular weight excluding hydrogens is 248 g/mol. The molecule has 0 saturated carbocycles. The smallest absolute Gasteiger partial charge is 0.0951 e. The first-order valence-electron chi connectivity index (χ1n) is 5.85. The number of nitrogens with zero attached hydrogens (tertiary/aromatic N) is 3.